The Hall–Kier alpha value is -5.11. The Morgan fingerprint density at radius 2 is 1.76 bits per heavy atom. The fourth-order valence-corrected chi connectivity index (χ4v) is 5.53. The summed E-state index contributed by atoms with van der Waals surface area (Å²) in [7, 11) is 1.65. The van der Waals surface area contributed by atoms with Crippen molar-refractivity contribution in [3.05, 3.63) is 59.5 Å². The molecule has 2 aromatic carbocycles. The summed E-state index contributed by atoms with van der Waals surface area (Å²) in [6, 6.07) is 11.1. The number of benzene rings is 2. The van der Waals surface area contributed by atoms with Gasteiger partial charge in [0.25, 0.3) is 5.91 Å². The lowest BCUT2D eigenvalue weighted by Gasteiger charge is -2.38. The van der Waals surface area contributed by atoms with E-state index in [-0.39, 0.29) is 61.4 Å². The molecule has 0 bridgehead atoms. The SMILES string of the molecule is Cc1noc(C)c1NC(=O)N(C)C[C@H]1Oc2ccc(NC(=O)CCCCCC(=O)Nc3ccccc3N)cc2C(=O)N([C@H](C)CO)C[C@H]1C. The van der Waals surface area contributed by atoms with Gasteiger partial charge in [-0.3, -0.25) is 14.4 Å². The molecule has 0 saturated heterocycles. The summed E-state index contributed by atoms with van der Waals surface area (Å²) in [6.45, 7) is 7.38. The minimum atomic E-state index is -0.506. The summed E-state index contributed by atoms with van der Waals surface area (Å²) in [4.78, 5) is 55.0. The number of amides is 5. The summed E-state index contributed by atoms with van der Waals surface area (Å²) in [5.74, 6) is -0.0967. The minimum Gasteiger partial charge on any atom is -0.487 e. The molecule has 3 aromatic rings. The number of nitrogens with zero attached hydrogens (tertiary/aromatic N) is 3. The molecule has 6 N–H and O–H groups in total. The number of urea groups is 1. The Morgan fingerprint density at radius 3 is 2.41 bits per heavy atom. The first-order valence-electron chi connectivity index (χ1n) is 16.5. The molecule has 1 aliphatic rings. The molecule has 264 valence electrons. The number of nitrogens with two attached hydrogens (primary N) is 1. The maximum Gasteiger partial charge on any atom is 0.321 e. The monoisotopic (exact) mass is 677 g/mol. The predicted molar refractivity (Wildman–Crippen MR) is 186 cm³/mol. The van der Waals surface area contributed by atoms with E-state index in [1.165, 1.54) is 4.90 Å². The van der Waals surface area contributed by atoms with Crippen molar-refractivity contribution in [2.24, 2.45) is 5.92 Å². The largest absolute Gasteiger partial charge is 0.487 e. The number of aliphatic hydroxyl groups excluding tert-OH is 1. The predicted octanol–water partition coefficient (Wildman–Crippen LogP) is 4.79. The van der Waals surface area contributed by atoms with E-state index >= 15 is 0 Å². The van der Waals surface area contributed by atoms with Crippen LogP contribution in [0, 0.1) is 19.8 Å². The number of unbranched alkanes of at least 4 members (excludes halogenated alkanes) is 2. The smallest absolute Gasteiger partial charge is 0.321 e. The van der Waals surface area contributed by atoms with Crippen LogP contribution in [-0.4, -0.2) is 82.7 Å². The Kier molecular flexibility index (Phi) is 12.6. The fourth-order valence-electron chi connectivity index (χ4n) is 5.53. The minimum absolute atomic E-state index is 0.136. The number of para-hydroxylation sites is 2. The Balaban J connectivity index is 1.37. The fraction of sp³-hybridized carbons (Fsp3) is 0.457. The van der Waals surface area contributed by atoms with E-state index in [1.807, 2.05) is 6.92 Å². The van der Waals surface area contributed by atoms with E-state index in [0.717, 1.165) is 0 Å². The molecule has 0 radical (unpaired) electrons. The summed E-state index contributed by atoms with van der Waals surface area (Å²) in [6.07, 6.45) is 1.93. The number of fused-ring (bicyclic) bond motifs is 1. The summed E-state index contributed by atoms with van der Waals surface area (Å²) < 4.78 is 11.5. The lowest BCUT2D eigenvalue weighted by Crippen LogP contribution is -2.50. The van der Waals surface area contributed by atoms with Crippen molar-refractivity contribution < 1.29 is 33.5 Å². The molecule has 0 fully saturated rings. The molecule has 0 aliphatic carbocycles. The highest BCUT2D eigenvalue weighted by Gasteiger charge is 2.34. The molecule has 0 saturated carbocycles. The van der Waals surface area contributed by atoms with Crippen LogP contribution in [0.2, 0.25) is 0 Å². The maximum absolute atomic E-state index is 13.8. The first-order chi connectivity index (χ1) is 23.4. The van der Waals surface area contributed by atoms with E-state index in [2.05, 4.69) is 21.1 Å². The first-order valence-corrected chi connectivity index (χ1v) is 16.5. The van der Waals surface area contributed by atoms with Crippen LogP contribution in [0.25, 0.3) is 0 Å². The van der Waals surface area contributed by atoms with Crippen molar-refractivity contribution in [3.8, 4) is 5.75 Å². The second-order valence-electron chi connectivity index (χ2n) is 12.6. The number of rotatable bonds is 13. The second-order valence-corrected chi connectivity index (χ2v) is 12.6. The van der Waals surface area contributed by atoms with Crippen molar-refractivity contribution in [3.63, 3.8) is 0 Å². The number of aromatic nitrogens is 1. The average Bonchev–Trinajstić information content (AvgIpc) is 3.39. The number of nitrogen functional groups attached to an aromatic ring is 1. The summed E-state index contributed by atoms with van der Waals surface area (Å²) in [5, 5.41) is 22.3. The van der Waals surface area contributed by atoms with Crippen LogP contribution in [0.5, 0.6) is 5.75 Å². The molecular formula is C35H47N7O7. The number of aliphatic hydroxyl groups is 1. The highest BCUT2D eigenvalue weighted by atomic mass is 16.5. The standard InChI is InChI=1S/C35H47N7O7/c1-21-18-42(22(2)20-43)34(46)26-17-25(37-31(44)13-7-6-8-14-32(45)38-28-12-10-9-11-27(28)36)15-16-29(26)48-30(21)19-41(5)35(47)39-33-23(3)40-49-24(33)4/h9-12,15-17,21-22,30,43H,6-8,13-14,18-20,36H2,1-5H3,(H,37,44)(H,38,45)(H,39,47)/t21-,22-,30-/m1/s1. The molecule has 4 rings (SSSR count). The van der Waals surface area contributed by atoms with E-state index < -0.39 is 12.1 Å². The van der Waals surface area contributed by atoms with Crippen molar-refractivity contribution >= 4 is 46.5 Å². The quantitative estimate of drug-likeness (QED) is 0.125. The van der Waals surface area contributed by atoms with Crippen LogP contribution in [0.4, 0.5) is 27.5 Å². The zero-order valence-electron chi connectivity index (χ0n) is 28.7. The van der Waals surface area contributed by atoms with Gasteiger partial charge in [0.2, 0.25) is 11.8 Å². The molecule has 1 aliphatic heterocycles. The third-order valence-corrected chi connectivity index (χ3v) is 8.56. The normalized spacial score (nSPS) is 16.4. The number of aryl methyl sites for hydroxylation is 2. The van der Waals surface area contributed by atoms with Gasteiger partial charge in [0.05, 0.1) is 36.1 Å². The molecule has 0 unspecified atom stereocenters. The van der Waals surface area contributed by atoms with Crippen LogP contribution in [0.15, 0.2) is 47.0 Å². The molecule has 49 heavy (non-hydrogen) atoms. The topological polar surface area (TPSA) is 192 Å². The van der Waals surface area contributed by atoms with Gasteiger partial charge in [0, 0.05) is 38.0 Å². The third kappa shape index (κ3) is 9.72. The number of nitrogens with one attached hydrogen (secondary N) is 3. The van der Waals surface area contributed by atoms with Gasteiger partial charge < -0.3 is 45.9 Å². The van der Waals surface area contributed by atoms with E-state index in [1.54, 1.807) is 75.2 Å². The number of carbonyl (C=O) groups is 4. The van der Waals surface area contributed by atoms with Gasteiger partial charge >= 0.3 is 6.03 Å². The van der Waals surface area contributed by atoms with Crippen LogP contribution in [0.3, 0.4) is 0 Å². The van der Waals surface area contributed by atoms with Crippen LogP contribution in [-0.2, 0) is 9.59 Å². The van der Waals surface area contributed by atoms with Gasteiger partial charge in [-0.2, -0.15) is 0 Å². The van der Waals surface area contributed by atoms with Crippen LogP contribution >= 0.6 is 0 Å². The molecule has 5 amide bonds. The van der Waals surface area contributed by atoms with E-state index in [0.29, 0.717) is 65.6 Å². The zero-order valence-corrected chi connectivity index (χ0v) is 28.7. The highest BCUT2D eigenvalue weighted by Crippen LogP contribution is 2.31. The molecule has 1 aromatic heterocycles. The van der Waals surface area contributed by atoms with Crippen molar-refractivity contribution in [1.29, 1.82) is 0 Å². The van der Waals surface area contributed by atoms with Crippen molar-refractivity contribution in [2.75, 3.05) is 48.4 Å². The molecule has 0 spiro atoms. The van der Waals surface area contributed by atoms with E-state index in [9.17, 15) is 24.3 Å². The number of ether oxygens (including phenoxy) is 1. The first kappa shape index (κ1) is 36.7. The summed E-state index contributed by atoms with van der Waals surface area (Å²) in [5.41, 5.74) is 8.70. The van der Waals surface area contributed by atoms with Gasteiger partial charge in [0.1, 0.15) is 23.2 Å². The average molecular weight is 678 g/mol. The molecule has 14 heteroatoms. The van der Waals surface area contributed by atoms with Gasteiger partial charge in [-0.1, -0.05) is 30.6 Å². The second kappa shape index (κ2) is 16.8. The summed E-state index contributed by atoms with van der Waals surface area (Å²) >= 11 is 0. The van der Waals surface area contributed by atoms with Crippen molar-refractivity contribution in [1.82, 2.24) is 15.0 Å². The Morgan fingerprint density at radius 1 is 1.06 bits per heavy atom. The number of carbonyl (C=O) groups excluding carboxylic acids is 4. The maximum atomic E-state index is 13.8. The number of likely N-dealkylation sites (N-methyl/N-ethyl adjacent to an activating group) is 1. The molecule has 3 atom stereocenters. The number of hydrogen-bond donors (Lipinski definition) is 5. The van der Waals surface area contributed by atoms with E-state index in [4.69, 9.17) is 15.0 Å². The number of anilines is 4. The molecular weight excluding hydrogens is 630 g/mol. The lowest BCUT2D eigenvalue weighted by molar-refractivity contribution is -0.116. The molecule has 14 nitrogen and oxygen atoms in total. The van der Waals surface area contributed by atoms with Gasteiger partial charge in [-0.05, 0) is 63.9 Å². The third-order valence-electron chi connectivity index (χ3n) is 8.56. The number of hydrogen-bond acceptors (Lipinski definition) is 9. The van der Waals surface area contributed by atoms with Gasteiger partial charge in [0.15, 0.2) is 5.76 Å². The Labute approximate surface area is 286 Å². The zero-order chi connectivity index (χ0) is 35.7. The lowest BCUT2D eigenvalue weighted by atomic mass is 9.99. The molecule has 2 heterocycles. The Bertz CT molecular complexity index is 1620. The van der Waals surface area contributed by atoms with Crippen molar-refractivity contribution in [2.45, 2.75) is 71.9 Å². The van der Waals surface area contributed by atoms with Crippen LogP contribution in [0.1, 0.15) is 67.8 Å². The highest BCUT2D eigenvalue weighted by molar-refractivity contribution is 6.00. The van der Waals surface area contributed by atoms with Gasteiger partial charge in [-0.25, -0.2) is 4.79 Å². The van der Waals surface area contributed by atoms with Gasteiger partial charge in [-0.15, -0.1) is 0 Å². The van der Waals surface area contributed by atoms with Crippen LogP contribution < -0.4 is 26.4 Å².